The molecule has 1 N–H and O–H groups in total. The smallest absolute Gasteiger partial charge is 0.203 e. The van der Waals surface area contributed by atoms with Gasteiger partial charge in [-0.1, -0.05) is 44.2 Å². The Kier molecular flexibility index (Phi) is 4.67. The summed E-state index contributed by atoms with van der Waals surface area (Å²) >= 11 is 0. The molecular formula is C22H22N4. The third-order valence-electron chi connectivity index (χ3n) is 5.98. The first-order valence-electron chi connectivity index (χ1n) is 9.12. The van der Waals surface area contributed by atoms with Crippen LogP contribution in [-0.2, 0) is 6.42 Å². The summed E-state index contributed by atoms with van der Waals surface area (Å²) in [4.78, 5) is 0. The molecular weight excluding hydrogens is 320 g/mol. The van der Waals surface area contributed by atoms with Crippen LogP contribution in [0.1, 0.15) is 43.7 Å². The highest BCUT2D eigenvalue weighted by Gasteiger charge is 2.56. The zero-order chi connectivity index (χ0) is 18.9. The van der Waals surface area contributed by atoms with E-state index in [0.29, 0.717) is 5.92 Å². The van der Waals surface area contributed by atoms with Crippen molar-refractivity contribution in [2.24, 2.45) is 23.2 Å². The lowest BCUT2D eigenvalue weighted by Crippen LogP contribution is -2.48. The van der Waals surface area contributed by atoms with Crippen molar-refractivity contribution in [2.45, 2.75) is 39.0 Å². The van der Waals surface area contributed by atoms with Crippen LogP contribution in [0.25, 0.3) is 0 Å². The summed E-state index contributed by atoms with van der Waals surface area (Å²) in [5.41, 5.74) is 1.33. The fourth-order valence-corrected chi connectivity index (χ4v) is 4.53. The van der Waals surface area contributed by atoms with Gasteiger partial charge in [-0.15, -0.1) is 0 Å². The largest absolute Gasteiger partial charge is 0.305 e. The first kappa shape index (κ1) is 17.9. The molecule has 1 fully saturated rings. The Hall–Kier alpha value is -2.90. The molecule has 3 rings (SSSR count). The first-order chi connectivity index (χ1) is 12.5. The van der Waals surface area contributed by atoms with Crippen LogP contribution in [0.2, 0.25) is 0 Å². The fraction of sp³-hybridized carbons (Fsp3) is 0.455. The SMILES string of the molecule is CCc1ccc([C@H]2C(C#N)C(=N)C(C#N)(C#N)C3=CC[C@@H](C)C[C@H]32)cc1. The Morgan fingerprint density at radius 1 is 1.15 bits per heavy atom. The summed E-state index contributed by atoms with van der Waals surface area (Å²) in [5, 5.41) is 38.0. The Bertz CT molecular complexity index is 859. The number of benzene rings is 1. The molecule has 130 valence electrons. The van der Waals surface area contributed by atoms with Crippen LogP contribution < -0.4 is 0 Å². The Labute approximate surface area is 154 Å². The predicted molar refractivity (Wildman–Crippen MR) is 99.0 cm³/mol. The molecule has 0 aromatic heterocycles. The number of hydrogen-bond acceptors (Lipinski definition) is 4. The Morgan fingerprint density at radius 3 is 2.35 bits per heavy atom. The molecule has 0 heterocycles. The van der Waals surface area contributed by atoms with Gasteiger partial charge < -0.3 is 5.41 Å². The van der Waals surface area contributed by atoms with E-state index >= 15 is 0 Å². The van der Waals surface area contributed by atoms with E-state index in [1.54, 1.807) is 0 Å². The standard InChI is InChI=1S/C22H22N4/c1-3-15-5-7-16(8-6-15)20-17-10-14(2)4-9-19(17)22(12-24,13-25)21(26)18(20)11-23/h5-9,14,17-18,20,26H,3-4,10H2,1-2H3/t14-,17-,18?,20-/m1/s1. The van der Waals surface area contributed by atoms with Crippen LogP contribution in [0.5, 0.6) is 0 Å². The molecule has 0 aliphatic heterocycles. The number of nitrogens with one attached hydrogen (secondary N) is 1. The lowest BCUT2D eigenvalue weighted by molar-refractivity contribution is 0.299. The minimum absolute atomic E-state index is 0.0516. The van der Waals surface area contributed by atoms with Gasteiger partial charge in [0.05, 0.1) is 29.8 Å². The van der Waals surface area contributed by atoms with E-state index in [1.165, 1.54) is 5.56 Å². The van der Waals surface area contributed by atoms with E-state index in [9.17, 15) is 15.8 Å². The highest BCUT2D eigenvalue weighted by atomic mass is 14.6. The molecule has 1 saturated carbocycles. The number of aryl methyl sites for hydroxylation is 1. The topological polar surface area (TPSA) is 95.2 Å². The van der Waals surface area contributed by atoms with E-state index in [4.69, 9.17) is 5.41 Å². The zero-order valence-corrected chi connectivity index (χ0v) is 15.2. The van der Waals surface area contributed by atoms with Crippen molar-refractivity contribution in [1.82, 2.24) is 0 Å². The molecule has 26 heavy (non-hydrogen) atoms. The second-order valence-corrected chi connectivity index (χ2v) is 7.46. The number of fused-ring (bicyclic) bond motifs is 1. The van der Waals surface area contributed by atoms with Crippen LogP contribution in [0, 0.1) is 62.6 Å². The molecule has 1 aromatic rings. The summed E-state index contributed by atoms with van der Waals surface area (Å²) in [6.07, 6.45) is 4.58. The maximum absolute atomic E-state index is 9.84. The quantitative estimate of drug-likeness (QED) is 0.801. The van der Waals surface area contributed by atoms with Gasteiger partial charge in [0, 0.05) is 5.92 Å². The van der Waals surface area contributed by atoms with Crippen LogP contribution in [0.15, 0.2) is 35.9 Å². The lowest BCUT2D eigenvalue weighted by atomic mass is 9.53. The number of nitrogens with zero attached hydrogens (tertiary/aromatic N) is 3. The van der Waals surface area contributed by atoms with Gasteiger partial charge in [0.25, 0.3) is 0 Å². The van der Waals surface area contributed by atoms with Gasteiger partial charge in [0.1, 0.15) is 0 Å². The molecule has 1 aromatic carbocycles. The third kappa shape index (κ3) is 2.53. The summed E-state index contributed by atoms with van der Waals surface area (Å²) in [5.74, 6) is -0.552. The van der Waals surface area contributed by atoms with Crippen molar-refractivity contribution in [1.29, 1.82) is 21.2 Å². The molecule has 2 aliphatic carbocycles. The third-order valence-corrected chi connectivity index (χ3v) is 5.98. The van der Waals surface area contributed by atoms with Crippen molar-refractivity contribution < 1.29 is 0 Å². The van der Waals surface area contributed by atoms with Gasteiger partial charge in [0.2, 0.25) is 5.41 Å². The molecule has 2 aliphatic rings. The maximum Gasteiger partial charge on any atom is 0.203 e. The van der Waals surface area contributed by atoms with Crippen molar-refractivity contribution in [3.63, 3.8) is 0 Å². The number of allylic oxidation sites excluding steroid dienone is 2. The van der Waals surface area contributed by atoms with Crippen LogP contribution in [0.3, 0.4) is 0 Å². The molecule has 0 saturated heterocycles. The molecule has 0 amide bonds. The number of hydrogen-bond donors (Lipinski definition) is 1. The Balaban J connectivity index is 2.18. The monoisotopic (exact) mass is 342 g/mol. The second kappa shape index (κ2) is 6.78. The van der Waals surface area contributed by atoms with Crippen LogP contribution >= 0.6 is 0 Å². The minimum atomic E-state index is -1.59. The molecule has 4 heteroatoms. The summed E-state index contributed by atoms with van der Waals surface area (Å²) in [7, 11) is 0. The van der Waals surface area contributed by atoms with Gasteiger partial charge in [0.15, 0.2) is 0 Å². The summed E-state index contributed by atoms with van der Waals surface area (Å²) in [6.45, 7) is 4.26. The average molecular weight is 342 g/mol. The van der Waals surface area contributed by atoms with Crippen molar-refractivity contribution in [3.8, 4) is 18.2 Å². The Morgan fingerprint density at radius 2 is 1.81 bits per heavy atom. The van der Waals surface area contributed by atoms with Gasteiger partial charge in [-0.2, -0.15) is 15.8 Å². The molecule has 4 atom stereocenters. The van der Waals surface area contributed by atoms with E-state index < -0.39 is 11.3 Å². The highest BCUT2D eigenvalue weighted by Crippen LogP contribution is 2.55. The maximum atomic E-state index is 9.84. The van der Waals surface area contributed by atoms with E-state index in [-0.39, 0.29) is 17.5 Å². The van der Waals surface area contributed by atoms with Gasteiger partial charge in [-0.05, 0) is 47.8 Å². The lowest BCUT2D eigenvalue weighted by Gasteiger charge is -2.46. The first-order valence-corrected chi connectivity index (χ1v) is 9.12. The van der Waals surface area contributed by atoms with E-state index in [2.05, 4.69) is 44.2 Å². The summed E-state index contributed by atoms with van der Waals surface area (Å²) in [6, 6.07) is 14.6. The van der Waals surface area contributed by atoms with Crippen molar-refractivity contribution >= 4 is 5.71 Å². The predicted octanol–water partition coefficient (Wildman–Crippen LogP) is 4.51. The van der Waals surface area contributed by atoms with Gasteiger partial charge >= 0.3 is 0 Å². The number of rotatable bonds is 2. The second-order valence-electron chi connectivity index (χ2n) is 7.46. The summed E-state index contributed by atoms with van der Waals surface area (Å²) < 4.78 is 0. The molecule has 0 bridgehead atoms. The van der Waals surface area contributed by atoms with E-state index in [0.717, 1.165) is 30.4 Å². The highest BCUT2D eigenvalue weighted by molar-refractivity contribution is 6.01. The van der Waals surface area contributed by atoms with Crippen molar-refractivity contribution in [2.75, 3.05) is 0 Å². The minimum Gasteiger partial charge on any atom is -0.305 e. The molecule has 0 radical (unpaired) electrons. The number of nitriles is 3. The molecule has 0 spiro atoms. The van der Waals surface area contributed by atoms with Gasteiger partial charge in [-0.25, -0.2) is 0 Å². The van der Waals surface area contributed by atoms with E-state index in [1.807, 2.05) is 18.2 Å². The van der Waals surface area contributed by atoms with Crippen LogP contribution in [0.4, 0.5) is 0 Å². The van der Waals surface area contributed by atoms with Gasteiger partial charge in [-0.3, -0.25) is 0 Å². The normalized spacial score (nSPS) is 29.5. The fourth-order valence-electron chi connectivity index (χ4n) is 4.53. The average Bonchev–Trinajstić information content (AvgIpc) is 2.68. The van der Waals surface area contributed by atoms with Crippen molar-refractivity contribution in [3.05, 3.63) is 47.0 Å². The zero-order valence-electron chi connectivity index (χ0n) is 15.2. The molecule has 1 unspecified atom stereocenters. The van der Waals surface area contributed by atoms with Crippen LogP contribution in [-0.4, -0.2) is 5.71 Å². The molecule has 4 nitrogen and oxygen atoms in total.